The van der Waals surface area contributed by atoms with Gasteiger partial charge >= 0.3 is 0 Å². The van der Waals surface area contributed by atoms with Gasteiger partial charge in [0.2, 0.25) is 0 Å². The highest BCUT2D eigenvalue weighted by atomic mass is 32.2. The van der Waals surface area contributed by atoms with Crippen molar-refractivity contribution in [2.24, 2.45) is 0 Å². The van der Waals surface area contributed by atoms with Gasteiger partial charge in [0.05, 0.1) is 19.3 Å². The van der Waals surface area contributed by atoms with E-state index in [-0.39, 0.29) is 6.10 Å². The summed E-state index contributed by atoms with van der Waals surface area (Å²) in [7, 11) is -3.36. The van der Waals surface area contributed by atoms with Crippen LogP contribution in [0.3, 0.4) is 0 Å². The van der Waals surface area contributed by atoms with Gasteiger partial charge in [-0.1, -0.05) is 13.3 Å². The molecule has 1 aliphatic heterocycles. The highest BCUT2D eigenvalue weighted by Gasteiger charge is 2.57. The van der Waals surface area contributed by atoms with Gasteiger partial charge in [-0.15, -0.1) is 0 Å². The molecule has 2 aliphatic rings. The Hall–Kier alpha value is -0.130. The molecule has 0 unspecified atom stereocenters. The molecule has 0 aromatic rings. The summed E-state index contributed by atoms with van der Waals surface area (Å²) >= 11 is 0. The van der Waals surface area contributed by atoms with E-state index in [1.807, 2.05) is 6.92 Å². The SMILES string of the molecule is CCCCOS(=O)(=O)C1(C[C@@H]2CO2)CC1. The summed E-state index contributed by atoms with van der Waals surface area (Å²) < 4.78 is 33.3. The second kappa shape index (κ2) is 4.03. The zero-order valence-corrected chi connectivity index (χ0v) is 9.88. The first-order valence-corrected chi connectivity index (χ1v) is 7.01. The first-order valence-electron chi connectivity index (χ1n) is 5.60. The molecule has 5 heteroatoms. The number of hydrogen-bond donors (Lipinski definition) is 0. The molecule has 0 aromatic carbocycles. The van der Waals surface area contributed by atoms with E-state index < -0.39 is 14.9 Å². The van der Waals surface area contributed by atoms with Crippen LogP contribution in [0.15, 0.2) is 0 Å². The first kappa shape index (κ1) is 11.4. The maximum Gasteiger partial charge on any atom is 0.273 e. The number of hydrogen-bond acceptors (Lipinski definition) is 4. The molecular formula is C10H18O4S. The van der Waals surface area contributed by atoms with Gasteiger partial charge in [0.1, 0.15) is 4.75 Å². The molecule has 0 spiro atoms. The Kier molecular flexibility index (Phi) is 3.05. The van der Waals surface area contributed by atoms with Crippen molar-refractivity contribution < 1.29 is 17.3 Å². The fourth-order valence-corrected chi connectivity index (χ4v) is 3.31. The summed E-state index contributed by atoms with van der Waals surface area (Å²) in [5.74, 6) is 0. The molecule has 1 heterocycles. The third kappa shape index (κ3) is 2.52. The zero-order valence-electron chi connectivity index (χ0n) is 9.07. The number of ether oxygens (including phenoxy) is 1. The van der Waals surface area contributed by atoms with Crippen molar-refractivity contribution in [3.8, 4) is 0 Å². The van der Waals surface area contributed by atoms with Gasteiger partial charge in [0.25, 0.3) is 10.1 Å². The van der Waals surface area contributed by atoms with Crippen LogP contribution < -0.4 is 0 Å². The second-order valence-corrected chi connectivity index (χ2v) is 6.48. The molecule has 2 fully saturated rings. The first-order chi connectivity index (χ1) is 7.10. The van der Waals surface area contributed by atoms with Gasteiger partial charge in [-0.2, -0.15) is 8.42 Å². The van der Waals surface area contributed by atoms with Crippen molar-refractivity contribution in [1.29, 1.82) is 0 Å². The van der Waals surface area contributed by atoms with E-state index >= 15 is 0 Å². The maximum atomic E-state index is 11.9. The lowest BCUT2D eigenvalue weighted by Gasteiger charge is -2.14. The molecule has 0 radical (unpaired) electrons. The Balaban J connectivity index is 1.89. The van der Waals surface area contributed by atoms with E-state index in [2.05, 4.69) is 0 Å². The van der Waals surface area contributed by atoms with Crippen molar-refractivity contribution in [1.82, 2.24) is 0 Å². The molecule has 0 aromatic heterocycles. The predicted molar refractivity (Wildman–Crippen MR) is 56.1 cm³/mol. The Labute approximate surface area is 91.1 Å². The van der Waals surface area contributed by atoms with Crippen LogP contribution in [0.4, 0.5) is 0 Å². The molecule has 88 valence electrons. The van der Waals surface area contributed by atoms with Gasteiger partial charge in [-0.25, -0.2) is 0 Å². The Bertz CT molecular complexity index is 314. The predicted octanol–water partition coefficient (Wildman–Crippen LogP) is 1.45. The molecule has 1 saturated heterocycles. The summed E-state index contributed by atoms with van der Waals surface area (Å²) in [5.41, 5.74) is 0. The Morgan fingerprint density at radius 1 is 1.47 bits per heavy atom. The number of rotatable bonds is 7. The molecule has 2 rings (SSSR count). The average Bonchev–Trinajstić information content (AvgIpc) is 3.02. The van der Waals surface area contributed by atoms with Gasteiger partial charge in [-0.3, -0.25) is 4.18 Å². The molecule has 4 nitrogen and oxygen atoms in total. The highest BCUT2D eigenvalue weighted by molar-refractivity contribution is 7.88. The summed E-state index contributed by atoms with van der Waals surface area (Å²) in [6.07, 6.45) is 4.02. The molecular weight excluding hydrogens is 216 g/mol. The Morgan fingerprint density at radius 2 is 2.13 bits per heavy atom. The van der Waals surface area contributed by atoms with Gasteiger partial charge < -0.3 is 4.74 Å². The van der Waals surface area contributed by atoms with Crippen LogP contribution in [0.1, 0.15) is 39.0 Å². The van der Waals surface area contributed by atoms with E-state index in [1.54, 1.807) is 0 Å². The lowest BCUT2D eigenvalue weighted by atomic mass is 10.2. The lowest BCUT2D eigenvalue weighted by molar-refractivity contribution is 0.297. The third-order valence-electron chi connectivity index (χ3n) is 3.08. The van der Waals surface area contributed by atoms with Crippen LogP contribution in [0.5, 0.6) is 0 Å². The number of unbranched alkanes of at least 4 members (excludes halogenated alkanes) is 1. The van der Waals surface area contributed by atoms with Crippen molar-refractivity contribution in [3.63, 3.8) is 0 Å². The van der Waals surface area contributed by atoms with E-state index in [9.17, 15) is 8.42 Å². The van der Waals surface area contributed by atoms with Crippen LogP contribution in [-0.4, -0.2) is 32.5 Å². The van der Waals surface area contributed by atoms with Gasteiger partial charge in [0.15, 0.2) is 0 Å². The molecule has 0 amide bonds. The van der Waals surface area contributed by atoms with Crippen molar-refractivity contribution in [2.45, 2.75) is 49.9 Å². The average molecular weight is 234 g/mol. The summed E-state index contributed by atoms with van der Waals surface area (Å²) in [6, 6.07) is 0. The topological polar surface area (TPSA) is 55.9 Å². The van der Waals surface area contributed by atoms with Gasteiger partial charge in [-0.05, 0) is 25.7 Å². The number of epoxide rings is 1. The van der Waals surface area contributed by atoms with E-state index in [1.165, 1.54) is 0 Å². The van der Waals surface area contributed by atoms with E-state index in [0.29, 0.717) is 19.6 Å². The standard InChI is InChI=1S/C10H18O4S/c1-2-3-6-14-15(11,12)10(4-5-10)7-9-8-13-9/h9H,2-8H2,1H3/t9-/m1/s1. The summed E-state index contributed by atoms with van der Waals surface area (Å²) in [4.78, 5) is 0. The highest BCUT2D eigenvalue weighted by Crippen LogP contribution is 2.49. The fourth-order valence-electron chi connectivity index (χ4n) is 1.73. The minimum Gasteiger partial charge on any atom is -0.373 e. The third-order valence-corrected chi connectivity index (χ3v) is 5.19. The quantitative estimate of drug-likeness (QED) is 0.380. The monoisotopic (exact) mass is 234 g/mol. The van der Waals surface area contributed by atoms with E-state index in [0.717, 1.165) is 25.7 Å². The van der Waals surface area contributed by atoms with E-state index in [4.69, 9.17) is 8.92 Å². The minimum absolute atomic E-state index is 0.164. The smallest absolute Gasteiger partial charge is 0.273 e. The summed E-state index contributed by atoms with van der Waals surface area (Å²) in [5, 5.41) is 0. The Morgan fingerprint density at radius 3 is 2.60 bits per heavy atom. The second-order valence-electron chi connectivity index (χ2n) is 4.47. The van der Waals surface area contributed by atoms with Crippen LogP contribution in [0, 0.1) is 0 Å². The molecule has 1 atom stereocenters. The molecule has 15 heavy (non-hydrogen) atoms. The van der Waals surface area contributed by atoms with Crippen molar-refractivity contribution >= 4 is 10.1 Å². The van der Waals surface area contributed by atoms with Crippen LogP contribution in [0.2, 0.25) is 0 Å². The van der Waals surface area contributed by atoms with Crippen LogP contribution in [-0.2, 0) is 19.0 Å². The maximum absolute atomic E-state index is 11.9. The largest absolute Gasteiger partial charge is 0.373 e. The zero-order chi connectivity index (χ0) is 10.9. The fraction of sp³-hybridized carbons (Fsp3) is 1.00. The summed E-state index contributed by atoms with van der Waals surface area (Å²) in [6.45, 7) is 3.05. The molecule has 0 bridgehead atoms. The van der Waals surface area contributed by atoms with Crippen molar-refractivity contribution in [2.75, 3.05) is 13.2 Å². The molecule has 1 saturated carbocycles. The lowest BCUT2D eigenvalue weighted by Crippen LogP contribution is -2.27. The van der Waals surface area contributed by atoms with Crippen LogP contribution >= 0.6 is 0 Å². The normalized spacial score (nSPS) is 27.7. The van der Waals surface area contributed by atoms with Crippen molar-refractivity contribution in [3.05, 3.63) is 0 Å². The molecule has 1 aliphatic carbocycles. The van der Waals surface area contributed by atoms with Gasteiger partial charge in [0, 0.05) is 0 Å². The molecule has 0 N–H and O–H groups in total. The van der Waals surface area contributed by atoms with Crippen LogP contribution in [0.25, 0.3) is 0 Å². The minimum atomic E-state index is -3.36.